The fraction of sp³-hybridized carbons (Fsp3) is 0.0800. The molecule has 0 aliphatic rings. The first-order valence-corrected chi connectivity index (χ1v) is 10.2. The molecular formula is C25H21N5O2. The van der Waals surface area contributed by atoms with Gasteiger partial charge in [-0.25, -0.2) is 4.68 Å². The van der Waals surface area contributed by atoms with E-state index in [2.05, 4.69) is 15.6 Å². The van der Waals surface area contributed by atoms with Gasteiger partial charge < -0.3 is 15.6 Å². The second-order valence-electron chi connectivity index (χ2n) is 7.54. The smallest absolute Gasteiger partial charge is 0.263 e. The van der Waals surface area contributed by atoms with Crippen LogP contribution < -0.4 is 11.1 Å². The van der Waals surface area contributed by atoms with Crippen LogP contribution in [0.25, 0.3) is 27.7 Å². The number of nitrogens with one attached hydrogen (secondary N) is 1. The van der Waals surface area contributed by atoms with Crippen LogP contribution in [0.15, 0.2) is 77.3 Å². The Kier molecular flexibility index (Phi) is 4.71. The minimum absolute atomic E-state index is 0.0380. The molecule has 0 saturated carbocycles. The maximum absolute atomic E-state index is 13.3. The van der Waals surface area contributed by atoms with Crippen LogP contribution in [-0.2, 0) is 0 Å². The summed E-state index contributed by atoms with van der Waals surface area (Å²) in [6.07, 6.45) is 0. The summed E-state index contributed by atoms with van der Waals surface area (Å²) in [5, 5.41) is 13.7. The summed E-state index contributed by atoms with van der Waals surface area (Å²) >= 11 is 0. The van der Waals surface area contributed by atoms with Crippen molar-refractivity contribution in [1.82, 2.24) is 14.9 Å². The highest BCUT2D eigenvalue weighted by molar-refractivity contribution is 6.14. The van der Waals surface area contributed by atoms with Crippen LogP contribution in [-0.4, -0.2) is 20.8 Å². The van der Waals surface area contributed by atoms with Gasteiger partial charge >= 0.3 is 0 Å². The second kappa shape index (κ2) is 7.70. The van der Waals surface area contributed by atoms with Crippen LogP contribution in [0.2, 0.25) is 0 Å². The minimum Gasteiger partial charge on any atom is -0.367 e. The summed E-state index contributed by atoms with van der Waals surface area (Å²) in [6.45, 7) is 3.80. The van der Waals surface area contributed by atoms with Gasteiger partial charge in [0.25, 0.3) is 5.91 Å². The van der Waals surface area contributed by atoms with Crippen LogP contribution in [0.1, 0.15) is 21.7 Å². The molecule has 5 aromatic rings. The van der Waals surface area contributed by atoms with E-state index in [-0.39, 0.29) is 17.4 Å². The number of nitrogen functional groups attached to an aromatic ring is 1. The highest BCUT2D eigenvalue weighted by Crippen LogP contribution is 2.34. The third-order valence-corrected chi connectivity index (χ3v) is 5.51. The Labute approximate surface area is 184 Å². The molecule has 0 aliphatic carbocycles. The monoisotopic (exact) mass is 423 g/mol. The summed E-state index contributed by atoms with van der Waals surface area (Å²) in [4.78, 5) is 13.3. The molecule has 7 nitrogen and oxygen atoms in total. The van der Waals surface area contributed by atoms with E-state index >= 15 is 0 Å². The highest BCUT2D eigenvalue weighted by atomic mass is 16.5. The van der Waals surface area contributed by atoms with Gasteiger partial charge in [-0.2, -0.15) is 5.10 Å². The number of carbonyl (C=O) groups is 1. The van der Waals surface area contributed by atoms with Crippen molar-refractivity contribution in [3.05, 3.63) is 89.7 Å². The quantitative estimate of drug-likeness (QED) is 0.417. The molecule has 0 unspecified atom stereocenters. The second-order valence-corrected chi connectivity index (χ2v) is 7.54. The molecule has 158 valence electrons. The van der Waals surface area contributed by atoms with Crippen LogP contribution in [0.4, 0.5) is 11.6 Å². The van der Waals surface area contributed by atoms with Crippen LogP contribution in [0.3, 0.4) is 0 Å². The number of fused-ring (bicyclic) bond motifs is 1. The Morgan fingerprint density at radius 1 is 0.969 bits per heavy atom. The SMILES string of the molecule is Cc1nn(-c2ccccc2)c(C)c1-c1noc(N)c1C(=O)Nc1cccc2ccccc12. The average Bonchev–Trinajstić information content (AvgIpc) is 3.33. The molecule has 0 aliphatic heterocycles. The lowest BCUT2D eigenvalue weighted by atomic mass is 10.0. The van der Waals surface area contributed by atoms with E-state index < -0.39 is 0 Å². The lowest BCUT2D eigenvalue weighted by molar-refractivity contribution is 0.102. The van der Waals surface area contributed by atoms with Crippen molar-refractivity contribution in [1.29, 1.82) is 0 Å². The summed E-state index contributed by atoms with van der Waals surface area (Å²) in [5.74, 6) is -0.426. The number of benzene rings is 3. The normalized spacial score (nSPS) is 11.1. The molecule has 32 heavy (non-hydrogen) atoms. The Hall–Kier alpha value is -4.39. The number of nitrogens with zero attached hydrogens (tertiary/aromatic N) is 3. The Balaban J connectivity index is 1.57. The van der Waals surface area contributed by atoms with E-state index in [1.807, 2.05) is 91.3 Å². The molecule has 3 N–H and O–H groups in total. The molecule has 0 radical (unpaired) electrons. The summed E-state index contributed by atoms with van der Waals surface area (Å²) < 4.78 is 7.07. The Morgan fingerprint density at radius 3 is 2.50 bits per heavy atom. The first kappa shape index (κ1) is 19.6. The van der Waals surface area contributed by atoms with Crippen LogP contribution in [0.5, 0.6) is 0 Å². The van der Waals surface area contributed by atoms with E-state index in [1.54, 1.807) is 0 Å². The van der Waals surface area contributed by atoms with Crippen molar-refractivity contribution in [3.8, 4) is 16.9 Å². The zero-order valence-corrected chi connectivity index (χ0v) is 17.7. The number of rotatable bonds is 4. The van der Waals surface area contributed by atoms with Gasteiger partial charge in [0.15, 0.2) is 0 Å². The van der Waals surface area contributed by atoms with E-state index in [1.165, 1.54) is 0 Å². The first-order chi connectivity index (χ1) is 15.5. The van der Waals surface area contributed by atoms with Gasteiger partial charge in [0.05, 0.1) is 17.1 Å². The van der Waals surface area contributed by atoms with Crippen molar-refractivity contribution < 1.29 is 9.32 Å². The van der Waals surface area contributed by atoms with Gasteiger partial charge in [-0.05, 0) is 37.4 Å². The van der Waals surface area contributed by atoms with E-state index in [0.717, 1.165) is 33.4 Å². The molecule has 0 atom stereocenters. The number of hydrogen-bond donors (Lipinski definition) is 2. The molecule has 2 aromatic heterocycles. The number of hydrogen-bond acceptors (Lipinski definition) is 5. The van der Waals surface area contributed by atoms with Crippen molar-refractivity contribution in [2.45, 2.75) is 13.8 Å². The maximum Gasteiger partial charge on any atom is 0.263 e. The van der Waals surface area contributed by atoms with Crippen molar-refractivity contribution >= 4 is 28.3 Å². The summed E-state index contributed by atoms with van der Waals surface area (Å²) in [7, 11) is 0. The molecule has 0 spiro atoms. The number of anilines is 2. The van der Waals surface area contributed by atoms with Gasteiger partial charge in [-0.15, -0.1) is 0 Å². The van der Waals surface area contributed by atoms with Gasteiger partial charge in [-0.1, -0.05) is 59.8 Å². The molecule has 5 rings (SSSR count). The number of aryl methyl sites for hydroxylation is 1. The fourth-order valence-electron chi connectivity index (χ4n) is 4.02. The molecule has 0 bridgehead atoms. The summed E-state index contributed by atoms with van der Waals surface area (Å²) in [6, 6.07) is 23.4. The van der Waals surface area contributed by atoms with Gasteiger partial charge in [-0.3, -0.25) is 4.79 Å². The third kappa shape index (κ3) is 3.20. The first-order valence-electron chi connectivity index (χ1n) is 10.2. The minimum atomic E-state index is -0.388. The fourth-order valence-corrected chi connectivity index (χ4v) is 4.02. The van der Waals surface area contributed by atoms with Crippen molar-refractivity contribution in [2.24, 2.45) is 0 Å². The molecule has 0 fully saturated rings. The molecular weight excluding hydrogens is 402 g/mol. The van der Waals surface area contributed by atoms with Gasteiger partial charge in [0.2, 0.25) is 5.88 Å². The molecule has 2 heterocycles. The number of carbonyl (C=O) groups excluding carboxylic acids is 1. The van der Waals surface area contributed by atoms with Crippen LogP contribution in [0, 0.1) is 13.8 Å². The van der Waals surface area contributed by atoms with Crippen molar-refractivity contribution in [3.63, 3.8) is 0 Å². The Morgan fingerprint density at radius 2 is 1.69 bits per heavy atom. The molecule has 3 aromatic carbocycles. The van der Waals surface area contributed by atoms with E-state index in [4.69, 9.17) is 10.3 Å². The van der Waals surface area contributed by atoms with E-state index in [0.29, 0.717) is 11.4 Å². The number of para-hydroxylation sites is 1. The largest absolute Gasteiger partial charge is 0.367 e. The highest BCUT2D eigenvalue weighted by Gasteiger charge is 2.27. The number of nitrogens with two attached hydrogens (primary N) is 1. The lowest BCUT2D eigenvalue weighted by Gasteiger charge is -2.09. The van der Waals surface area contributed by atoms with E-state index in [9.17, 15) is 4.79 Å². The summed E-state index contributed by atoms with van der Waals surface area (Å²) in [5.41, 5.74) is 10.5. The standard InChI is InChI=1S/C25H21N5O2/c1-15-21(16(2)30(28-15)18-11-4-3-5-12-18)23-22(24(26)32-29-23)25(31)27-20-14-8-10-17-9-6-7-13-19(17)20/h3-14H,26H2,1-2H3,(H,27,31). The molecule has 7 heteroatoms. The molecule has 0 saturated heterocycles. The van der Waals surface area contributed by atoms with Gasteiger partial charge in [0.1, 0.15) is 11.3 Å². The zero-order chi connectivity index (χ0) is 22.2. The maximum atomic E-state index is 13.3. The third-order valence-electron chi connectivity index (χ3n) is 5.51. The Bertz CT molecular complexity index is 1450. The molecule has 1 amide bonds. The number of amides is 1. The lowest BCUT2D eigenvalue weighted by Crippen LogP contribution is -2.14. The zero-order valence-electron chi connectivity index (χ0n) is 17.7. The van der Waals surface area contributed by atoms with Crippen LogP contribution >= 0.6 is 0 Å². The predicted octanol–water partition coefficient (Wildman–Crippen LogP) is 5.13. The average molecular weight is 423 g/mol. The number of aromatic nitrogens is 3. The predicted molar refractivity (Wildman–Crippen MR) is 125 cm³/mol. The van der Waals surface area contributed by atoms with Crippen molar-refractivity contribution in [2.75, 3.05) is 11.1 Å². The van der Waals surface area contributed by atoms with Gasteiger partial charge in [0, 0.05) is 16.6 Å². The topological polar surface area (TPSA) is 99.0 Å².